The number of hydrogen-bond donors (Lipinski definition) is 2. The van der Waals surface area contributed by atoms with Crippen LogP contribution in [0.25, 0.3) is 0 Å². The van der Waals surface area contributed by atoms with Crippen molar-refractivity contribution in [2.75, 3.05) is 13.1 Å². The second-order valence-electron chi connectivity index (χ2n) is 7.20. The van der Waals surface area contributed by atoms with Gasteiger partial charge >= 0.3 is 0 Å². The van der Waals surface area contributed by atoms with Crippen molar-refractivity contribution >= 4 is 5.91 Å². The number of carbonyl (C=O) groups excluding carboxylic acids is 1. The molecule has 0 radical (unpaired) electrons. The van der Waals surface area contributed by atoms with Crippen LogP contribution < -0.4 is 10.6 Å². The predicted octanol–water partition coefficient (Wildman–Crippen LogP) is 2.85. The number of fused-ring (bicyclic) bond motifs is 1. The van der Waals surface area contributed by atoms with Gasteiger partial charge in [0.2, 0.25) is 5.91 Å². The minimum Gasteiger partial charge on any atom is -0.353 e. The Bertz CT molecular complexity index is 323. The number of amides is 1. The Hall–Kier alpha value is -0.570. The summed E-state index contributed by atoms with van der Waals surface area (Å²) in [6, 6.07) is 0.418. The van der Waals surface area contributed by atoms with Gasteiger partial charge in [-0.05, 0) is 63.5 Å². The fourth-order valence-electron chi connectivity index (χ4n) is 4.59. The van der Waals surface area contributed by atoms with Crippen molar-refractivity contribution < 1.29 is 4.79 Å². The number of carbonyl (C=O) groups is 1. The van der Waals surface area contributed by atoms with E-state index in [0.29, 0.717) is 17.9 Å². The van der Waals surface area contributed by atoms with Crippen LogP contribution in [-0.2, 0) is 4.79 Å². The van der Waals surface area contributed by atoms with Crippen LogP contribution >= 0.6 is 0 Å². The molecule has 2 N–H and O–H groups in total. The van der Waals surface area contributed by atoms with Crippen molar-refractivity contribution in [1.29, 1.82) is 0 Å². The molecule has 3 fully saturated rings. The molecule has 1 aliphatic heterocycles. The van der Waals surface area contributed by atoms with E-state index >= 15 is 0 Å². The maximum atomic E-state index is 12.5. The van der Waals surface area contributed by atoms with Crippen LogP contribution in [0.5, 0.6) is 0 Å². The molecule has 4 atom stereocenters. The molecule has 2 saturated carbocycles. The lowest BCUT2D eigenvalue weighted by Gasteiger charge is -2.39. The molecule has 20 heavy (non-hydrogen) atoms. The van der Waals surface area contributed by atoms with Gasteiger partial charge in [-0.15, -0.1) is 0 Å². The molecular weight excluding hydrogens is 248 g/mol. The van der Waals surface area contributed by atoms with Crippen molar-refractivity contribution in [2.24, 2.45) is 17.8 Å². The molecule has 1 saturated heterocycles. The fraction of sp³-hybridized carbons (Fsp3) is 0.941. The Labute approximate surface area is 123 Å². The molecule has 3 aliphatic rings. The molecule has 114 valence electrons. The maximum absolute atomic E-state index is 12.5. The predicted molar refractivity (Wildman–Crippen MR) is 81.4 cm³/mol. The monoisotopic (exact) mass is 278 g/mol. The highest BCUT2D eigenvalue weighted by molar-refractivity contribution is 5.79. The summed E-state index contributed by atoms with van der Waals surface area (Å²) >= 11 is 0. The summed E-state index contributed by atoms with van der Waals surface area (Å²) in [4.78, 5) is 12.5. The molecule has 1 heterocycles. The van der Waals surface area contributed by atoms with Crippen LogP contribution in [0.2, 0.25) is 0 Å². The largest absolute Gasteiger partial charge is 0.353 e. The zero-order valence-electron chi connectivity index (χ0n) is 12.7. The van der Waals surface area contributed by atoms with Gasteiger partial charge in [0, 0.05) is 12.0 Å². The SMILES string of the molecule is O=C(NC1CCCNCC1)C1CCC2CCCCC2C1. The first-order valence-corrected chi connectivity index (χ1v) is 8.84. The van der Waals surface area contributed by atoms with E-state index in [2.05, 4.69) is 10.6 Å². The Morgan fingerprint density at radius 1 is 0.850 bits per heavy atom. The van der Waals surface area contributed by atoms with Gasteiger partial charge in [0.15, 0.2) is 0 Å². The van der Waals surface area contributed by atoms with Gasteiger partial charge in [0.25, 0.3) is 0 Å². The molecule has 0 aromatic heterocycles. The first-order chi connectivity index (χ1) is 9.83. The second-order valence-corrected chi connectivity index (χ2v) is 7.20. The topological polar surface area (TPSA) is 41.1 Å². The van der Waals surface area contributed by atoms with E-state index in [1.807, 2.05) is 0 Å². The smallest absolute Gasteiger partial charge is 0.223 e. The van der Waals surface area contributed by atoms with Gasteiger partial charge in [0.1, 0.15) is 0 Å². The molecule has 3 heteroatoms. The molecule has 0 spiro atoms. The van der Waals surface area contributed by atoms with E-state index in [0.717, 1.165) is 44.2 Å². The van der Waals surface area contributed by atoms with Gasteiger partial charge in [0.05, 0.1) is 0 Å². The van der Waals surface area contributed by atoms with E-state index in [4.69, 9.17) is 0 Å². The van der Waals surface area contributed by atoms with Crippen molar-refractivity contribution in [3.05, 3.63) is 0 Å². The molecular formula is C17H30N2O. The Morgan fingerprint density at radius 2 is 1.70 bits per heavy atom. The summed E-state index contributed by atoms with van der Waals surface area (Å²) in [6.45, 7) is 2.17. The highest BCUT2D eigenvalue weighted by atomic mass is 16.1. The summed E-state index contributed by atoms with van der Waals surface area (Å²) < 4.78 is 0. The van der Waals surface area contributed by atoms with Crippen LogP contribution in [0.15, 0.2) is 0 Å². The summed E-state index contributed by atoms with van der Waals surface area (Å²) in [6.07, 6.45) is 12.7. The van der Waals surface area contributed by atoms with Gasteiger partial charge in [-0.1, -0.05) is 25.7 Å². The van der Waals surface area contributed by atoms with Gasteiger partial charge < -0.3 is 10.6 Å². The zero-order valence-corrected chi connectivity index (χ0v) is 12.7. The molecule has 0 aromatic rings. The number of nitrogens with one attached hydrogen (secondary N) is 2. The third-order valence-corrected chi connectivity index (χ3v) is 5.83. The van der Waals surface area contributed by atoms with Crippen LogP contribution in [0.4, 0.5) is 0 Å². The standard InChI is InChI=1S/C17H30N2O/c20-17(19-16-6-3-10-18-11-9-16)15-8-7-13-4-1-2-5-14(13)12-15/h13-16,18H,1-12H2,(H,19,20). The average molecular weight is 278 g/mol. The molecule has 3 rings (SSSR count). The quantitative estimate of drug-likeness (QED) is 0.815. The summed E-state index contributed by atoms with van der Waals surface area (Å²) in [5.41, 5.74) is 0. The lowest BCUT2D eigenvalue weighted by molar-refractivity contribution is -0.128. The van der Waals surface area contributed by atoms with E-state index in [1.165, 1.54) is 44.9 Å². The highest BCUT2D eigenvalue weighted by Gasteiger charge is 2.35. The normalized spacial score (nSPS) is 38.6. The molecule has 1 amide bonds. The van der Waals surface area contributed by atoms with Crippen LogP contribution in [0.1, 0.15) is 64.2 Å². The van der Waals surface area contributed by atoms with Gasteiger partial charge in [-0.3, -0.25) is 4.79 Å². The third kappa shape index (κ3) is 3.55. The van der Waals surface area contributed by atoms with E-state index < -0.39 is 0 Å². The van der Waals surface area contributed by atoms with Crippen molar-refractivity contribution in [3.63, 3.8) is 0 Å². The first-order valence-electron chi connectivity index (χ1n) is 8.84. The van der Waals surface area contributed by atoms with Gasteiger partial charge in [-0.2, -0.15) is 0 Å². The highest BCUT2D eigenvalue weighted by Crippen LogP contribution is 2.42. The van der Waals surface area contributed by atoms with Gasteiger partial charge in [-0.25, -0.2) is 0 Å². The van der Waals surface area contributed by atoms with Crippen molar-refractivity contribution in [1.82, 2.24) is 10.6 Å². The molecule has 0 bridgehead atoms. The van der Waals surface area contributed by atoms with Crippen LogP contribution in [-0.4, -0.2) is 25.0 Å². The fourth-order valence-corrected chi connectivity index (χ4v) is 4.59. The minimum absolute atomic E-state index is 0.311. The lowest BCUT2D eigenvalue weighted by Crippen LogP contribution is -2.42. The van der Waals surface area contributed by atoms with Crippen LogP contribution in [0.3, 0.4) is 0 Å². The third-order valence-electron chi connectivity index (χ3n) is 5.83. The lowest BCUT2D eigenvalue weighted by atomic mass is 9.67. The van der Waals surface area contributed by atoms with E-state index in [1.54, 1.807) is 0 Å². The first kappa shape index (κ1) is 14.4. The Morgan fingerprint density at radius 3 is 2.60 bits per heavy atom. The summed E-state index contributed by atoms with van der Waals surface area (Å²) in [7, 11) is 0. The number of rotatable bonds is 2. The van der Waals surface area contributed by atoms with Crippen molar-refractivity contribution in [2.45, 2.75) is 70.3 Å². The number of hydrogen-bond acceptors (Lipinski definition) is 2. The molecule has 2 aliphatic carbocycles. The van der Waals surface area contributed by atoms with Crippen LogP contribution in [0, 0.1) is 17.8 Å². The van der Waals surface area contributed by atoms with Crippen molar-refractivity contribution in [3.8, 4) is 0 Å². The molecule has 0 aromatic carbocycles. The van der Waals surface area contributed by atoms with E-state index in [-0.39, 0.29) is 0 Å². The maximum Gasteiger partial charge on any atom is 0.223 e. The summed E-state index contributed by atoms with van der Waals surface area (Å²) in [5.74, 6) is 2.46. The Balaban J connectivity index is 1.49. The van der Waals surface area contributed by atoms with E-state index in [9.17, 15) is 4.79 Å². The Kier molecular flexibility index (Phi) is 4.98. The zero-order chi connectivity index (χ0) is 13.8. The second kappa shape index (κ2) is 6.93. The average Bonchev–Trinajstić information content (AvgIpc) is 2.75. The molecule has 4 unspecified atom stereocenters. The summed E-state index contributed by atoms with van der Waals surface area (Å²) in [5, 5.41) is 6.76. The minimum atomic E-state index is 0.311. The molecule has 3 nitrogen and oxygen atoms in total.